The van der Waals surface area contributed by atoms with Crippen LogP contribution in [0, 0.1) is 5.82 Å². The Kier molecular flexibility index (Phi) is 3.64. The molecule has 0 amide bonds. The summed E-state index contributed by atoms with van der Waals surface area (Å²) in [5.74, 6) is 0.326. The molecule has 0 saturated heterocycles. The second-order valence-electron chi connectivity index (χ2n) is 3.60. The van der Waals surface area contributed by atoms with Crippen molar-refractivity contribution >= 4 is 21.6 Å². The first kappa shape index (κ1) is 11.9. The van der Waals surface area contributed by atoms with Crippen LogP contribution in [0.2, 0.25) is 0 Å². The van der Waals surface area contributed by atoms with Gasteiger partial charge in [0.05, 0.1) is 5.69 Å². The van der Waals surface area contributed by atoms with Crippen molar-refractivity contribution in [1.82, 2.24) is 0 Å². The van der Waals surface area contributed by atoms with Crippen LogP contribution in [0.5, 0.6) is 5.75 Å². The number of nitrogens with two attached hydrogens (primary N) is 1. The Bertz CT molecular complexity index is 531. The van der Waals surface area contributed by atoms with Crippen molar-refractivity contribution in [3.63, 3.8) is 0 Å². The molecule has 0 bridgehead atoms. The van der Waals surface area contributed by atoms with Gasteiger partial charge in [0.25, 0.3) is 0 Å². The summed E-state index contributed by atoms with van der Waals surface area (Å²) in [4.78, 5) is 0. The van der Waals surface area contributed by atoms with Crippen molar-refractivity contribution in [3.8, 4) is 5.75 Å². The highest BCUT2D eigenvalue weighted by molar-refractivity contribution is 9.10. The van der Waals surface area contributed by atoms with Crippen LogP contribution in [0.25, 0.3) is 0 Å². The van der Waals surface area contributed by atoms with Gasteiger partial charge in [0.2, 0.25) is 0 Å². The minimum Gasteiger partial charge on any atom is -0.487 e. The van der Waals surface area contributed by atoms with Crippen LogP contribution >= 0.6 is 15.9 Å². The van der Waals surface area contributed by atoms with Crippen molar-refractivity contribution in [1.29, 1.82) is 0 Å². The number of hydrogen-bond donors (Lipinski definition) is 1. The molecule has 0 aliphatic rings. The highest BCUT2D eigenvalue weighted by Crippen LogP contribution is 2.25. The van der Waals surface area contributed by atoms with E-state index in [0.29, 0.717) is 18.0 Å². The first-order valence-electron chi connectivity index (χ1n) is 5.07. The monoisotopic (exact) mass is 295 g/mol. The van der Waals surface area contributed by atoms with Gasteiger partial charge in [-0.3, -0.25) is 0 Å². The van der Waals surface area contributed by atoms with Crippen molar-refractivity contribution in [2.75, 3.05) is 5.73 Å². The zero-order valence-electron chi connectivity index (χ0n) is 8.99. The smallest absolute Gasteiger partial charge is 0.142 e. The van der Waals surface area contributed by atoms with Gasteiger partial charge in [0.15, 0.2) is 0 Å². The summed E-state index contributed by atoms with van der Waals surface area (Å²) in [6.45, 7) is 0.295. The zero-order chi connectivity index (χ0) is 12.3. The van der Waals surface area contributed by atoms with Crippen molar-refractivity contribution in [3.05, 3.63) is 58.3 Å². The molecule has 17 heavy (non-hydrogen) atoms. The normalized spacial score (nSPS) is 10.2. The van der Waals surface area contributed by atoms with Gasteiger partial charge in [0.1, 0.15) is 18.2 Å². The SMILES string of the molecule is Nc1cc(Br)ccc1OCc1cccc(F)c1. The molecule has 0 unspecified atom stereocenters. The largest absolute Gasteiger partial charge is 0.487 e. The Morgan fingerprint density at radius 1 is 1.18 bits per heavy atom. The molecule has 0 atom stereocenters. The molecule has 2 nitrogen and oxygen atoms in total. The summed E-state index contributed by atoms with van der Waals surface area (Å²) < 4.78 is 19.4. The number of halogens is 2. The molecule has 0 aliphatic carbocycles. The van der Waals surface area contributed by atoms with Gasteiger partial charge in [-0.05, 0) is 35.9 Å². The lowest BCUT2D eigenvalue weighted by molar-refractivity contribution is 0.307. The maximum Gasteiger partial charge on any atom is 0.142 e. The van der Waals surface area contributed by atoms with Crippen molar-refractivity contribution in [2.24, 2.45) is 0 Å². The van der Waals surface area contributed by atoms with Crippen LogP contribution in [-0.2, 0) is 6.61 Å². The maximum atomic E-state index is 12.9. The molecular formula is C13H11BrFNO. The predicted octanol–water partition coefficient (Wildman–Crippen LogP) is 3.75. The van der Waals surface area contributed by atoms with Gasteiger partial charge in [-0.2, -0.15) is 0 Å². The Labute approximate surface area is 107 Å². The van der Waals surface area contributed by atoms with Crippen molar-refractivity contribution in [2.45, 2.75) is 6.61 Å². The molecule has 0 spiro atoms. The fourth-order valence-electron chi connectivity index (χ4n) is 1.44. The minimum absolute atomic E-state index is 0.269. The van der Waals surface area contributed by atoms with E-state index in [4.69, 9.17) is 10.5 Å². The number of ether oxygens (including phenoxy) is 1. The summed E-state index contributed by atoms with van der Waals surface area (Å²) in [5.41, 5.74) is 7.11. The molecule has 0 radical (unpaired) electrons. The standard InChI is InChI=1S/C13H11BrFNO/c14-10-4-5-13(12(16)7-10)17-8-9-2-1-3-11(15)6-9/h1-7H,8,16H2. The van der Waals surface area contributed by atoms with Gasteiger partial charge in [0, 0.05) is 4.47 Å². The zero-order valence-corrected chi connectivity index (χ0v) is 10.6. The van der Waals surface area contributed by atoms with Gasteiger partial charge in [-0.1, -0.05) is 28.1 Å². The minimum atomic E-state index is -0.269. The van der Waals surface area contributed by atoms with E-state index in [-0.39, 0.29) is 5.82 Å². The lowest BCUT2D eigenvalue weighted by Gasteiger charge is -2.09. The molecule has 4 heteroatoms. The molecular weight excluding hydrogens is 285 g/mol. The van der Waals surface area contributed by atoms with E-state index < -0.39 is 0 Å². The van der Waals surface area contributed by atoms with Crippen LogP contribution in [0.1, 0.15) is 5.56 Å². The third-order valence-electron chi connectivity index (χ3n) is 2.26. The average molecular weight is 296 g/mol. The average Bonchev–Trinajstić information content (AvgIpc) is 2.28. The second kappa shape index (κ2) is 5.19. The Balaban J connectivity index is 2.07. The van der Waals surface area contributed by atoms with Crippen LogP contribution in [0.15, 0.2) is 46.9 Å². The molecule has 2 aromatic carbocycles. The van der Waals surface area contributed by atoms with Crippen LogP contribution < -0.4 is 10.5 Å². The van der Waals surface area contributed by atoms with Gasteiger partial charge < -0.3 is 10.5 Å². The van der Waals surface area contributed by atoms with Gasteiger partial charge in [-0.15, -0.1) is 0 Å². The van der Waals surface area contributed by atoms with E-state index in [2.05, 4.69) is 15.9 Å². The predicted molar refractivity (Wildman–Crippen MR) is 69.3 cm³/mol. The van der Waals surface area contributed by atoms with E-state index in [9.17, 15) is 4.39 Å². The highest BCUT2D eigenvalue weighted by atomic mass is 79.9. The summed E-state index contributed by atoms with van der Waals surface area (Å²) in [6.07, 6.45) is 0. The topological polar surface area (TPSA) is 35.2 Å². The number of anilines is 1. The molecule has 88 valence electrons. The number of hydrogen-bond acceptors (Lipinski definition) is 2. The molecule has 0 aliphatic heterocycles. The summed E-state index contributed by atoms with van der Waals surface area (Å²) >= 11 is 3.32. The highest BCUT2D eigenvalue weighted by Gasteiger charge is 2.02. The van der Waals surface area contributed by atoms with Gasteiger partial charge in [-0.25, -0.2) is 4.39 Å². The molecule has 2 aromatic rings. The molecule has 0 aromatic heterocycles. The first-order chi connectivity index (χ1) is 8.15. The first-order valence-corrected chi connectivity index (χ1v) is 5.87. The van der Waals surface area contributed by atoms with E-state index in [0.717, 1.165) is 10.0 Å². The number of benzene rings is 2. The van der Waals surface area contributed by atoms with E-state index >= 15 is 0 Å². The molecule has 0 fully saturated rings. The second-order valence-corrected chi connectivity index (χ2v) is 4.52. The maximum absolute atomic E-state index is 12.9. The molecule has 2 N–H and O–H groups in total. The Morgan fingerprint density at radius 2 is 2.00 bits per heavy atom. The fourth-order valence-corrected chi connectivity index (χ4v) is 1.82. The van der Waals surface area contributed by atoms with E-state index in [1.54, 1.807) is 24.3 Å². The lowest BCUT2D eigenvalue weighted by atomic mass is 10.2. The summed E-state index contributed by atoms with van der Waals surface area (Å²) in [7, 11) is 0. The van der Waals surface area contributed by atoms with E-state index in [1.807, 2.05) is 6.07 Å². The molecule has 0 saturated carbocycles. The van der Waals surface area contributed by atoms with E-state index in [1.165, 1.54) is 12.1 Å². The lowest BCUT2D eigenvalue weighted by Crippen LogP contribution is -1.99. The number of rotatable bonds is 3. The third kappa shape index (κ3) is 3.20. The Hall–Kier alpha value is -1.55. The Morgan fingerprint density at radius 3 is 2.71 bits per heavy atom. The summed E-state index contributed by atoms with van der Waals surface area (Å²) in [5, 5.41) is 0. The summed E-state index contributed by atoms with van der Waals surface area (Å²) in [6, 6.07) is 11.7. The molecule has 0 heterocycles. The van der Waals surface area contributed by atoms with Crippen LogP contribution in [0.3, 0.4) is 0 Å². The molecule has 2 rings (SSSR count). The van der Waals surface area contributed by atoms with Gasteiger partial charge >= 0.3 is 0 Å². The number of nitrogen functional groups attached to an aromatic ring is 1. The fraction of sp³-hybridized carbons (Fsp3) is 0.0769. The van der Waals surface area contributed by atoms with Crippen molar-refractivity contribution < 1.29 is 9.13 Å². The van der Waals surface area contributed by atoms with Crippen LogP contribution in [0.4, 0.5) is 10.1 Å². The third-order valence-corrected chi connectivity index (χ3v) is 2.75. The quantitative estimate of drug-likeness (QED) is 0.875. The van der Waals surface area contributed by atoms with Crippen LogP contribution in [-0.4, -0.2) is 0 Å².